The highest BCUT2D eigenvalue weighted by atomic mass is 32.2. The Bertz CT molecular complexity index is 2970. The van der Waals surface area contributed by atoms with Crippen molar-refractivity contribution in [3.05, 3.63) is 111 Å². The monoisotopic (exact) mass is 1150 g/mol. The number of benzene rings is 3. The lowest BCUT2D eigenvalue weighted by Crippen LogP contribution is -2.57. The van der Waals surface area contributed by atoms with Crippen LogP contribution in [0.15, 0.2) is 81.3 Å². The second-order valence-electron chi connectivity index (χ2n) is 21.6. The van der Waals surface area contributed by atoms with E-state index in [1.165, 1.54) is 71.5 Å². The molecular weight excluding hydrogens is 1080 g/mol. The molecule has 10 rings (SSSR count). The number of carbonyl (C=O) groups excluding carboxylic acids is 5. The van der Waals surface area contributed by atoms with Crippen LogP contribution in [0.1, 0.15) is 118 Å². The van der Waals surface area contributed by atoms with Gasteiger partial charge >= 0.3 is 0 Å². The Morgan fingerprint density at radius 3 is 2.19 bits per heavy atom. The first-order valence-corrected chi connectivity index (χ1v) is 30.7. The summed E-state index contributed by atoms with van der Waals surface area (Å²) >= 11 is 4.26. The lowest BCUT2D eigenvalue weighted by atomic mass is 9.87. The second kappa shape index (κ2) is 26.4. The lowest BCUT2D eigenvalue weighted by Gasteiger charge is -2.41. The normalized spacial score (nSPS) is 21.4. The second-order valence-corrected chi connectivity index (χ2v) is 24.9. The molecule has 0 radical (unpaired) electrons. The maximum Gasteiger partial charge on any atom is 0.257 e. The molecule has 3 aromatic carbocycles. The number of piperazine rings is 1. The number of hydrogen-bond acceptors (Lipinski definition) is 16. The largest absolute Gasteiger partial charge is 0.496 e. The molecule has 4 saturated heterocycles. The maximum absolute atomic E-state index is 14.7. The molecule has 5 aromatic rings. The van der Waals surface area contributed by atoms with Crippen molar-refractivity contribution >= 4 is 74.7 Å². The number of nitrogens with zero attached hydrogens (tertiary/aromatic N) is 7. The van der Waals surface area contributed by atoms with E-state index in [0.717, 1.165) is 105 Å². The standard InChI is InChI=1S/C59H73FN10O7S3/c1-37-33-49(76-4)46(57(74)69-29-31-77-32-30-69)34-50(37)79-51-35-62-59(80-51)65-55(73)41-12-16-45(17-13-41)68-27-25-67(26-28-68)44-8-5-7-43(18-19-44)66-23-20-39(21-24-66)52(64-54(72)38(2)61-3)58(75)70-22-6-9-48(70)56-63-47(36-78-56)53(71)40-10-14-42(60)15-11-40/h10-17,33-36,38-39,43-44,48,52,61H,5-9,18-32H2,1-4H3,(H,64,72)(H,62,65,73)/t38-,43-,44+,48-,52-/m0/s1. The molecule has 6 heterocycles. The minimum atomic E-state index is -0.669. The van der Waals surface area contributed by atoms with E-state index >= 15 is 0 Å². The van der Waals surface area contributed by atoms with Crippen molar-refractivity contribution in [3.63, 3.8) is 0 Å². The Kier molecular flexibility index (Phi) is 19.0. The smallest absolute Gasteiger partial charge is 0.257 e. The van der Waals surface area contributed by atoms with Gasteiger partial charge in [0.05, 0.1) is 48.4 Å². The summed E-state index contributed by atoms with van der Waals surface area (Å²) in [6, 6.07) is 16.7. The number of methoxy groups -OCH3 is 1. The third kappa shape index (κ3) is 13.4. The van der Waals surface area contributed by atoms with Crippen molar-refractivity contribution in [2.45, 2.75) is 111 Å². The molecule has 5 fully saturated rings. The van der Waals surface area contributed by atoms with Crippen molar-refractivity contribution in [1.82, 2.24) is 40.2 Å². The van der Waals surface area contributed by atoms with Crippen molar-refractivity contribution < 1.29 is 37.8 Å². The molecule has 5 aliphatic rings. The quantitative estimate of drug-likeness (QED) is 0.0599. The number of amides is 4. The number of likely N-dealkylation sites (tertiary alicyclic amines) is 2. The summed E-state index contributed by atoms with van der Waals surface area (Å²) in [5.74, 6) is -0.764. The summed E-state index contributed by atoms with van der Waals surface area (Å²) < 4.78 is 25.5. The summed E-state index contributed by atoms with van der Waals surface area (Å²) in [4.78, 5) is 89.8. The minimum absolute atomic E-state index is 0.0159. The van der Waals surface area contributed by atoms with E-state index in [4.69, 9.17) is 14.5 Å². The van der Waals surface area contributed by atoms with Gasteiger partial charge in [0.25, 0.3) is 11.8 Å². The molecule has 4 amide bonds. The molecule has 0 unspecified atom stereocenters. The van der Waals surface area contributed by atoms with Gasteiger partial charge in [0.2, 0.25) is 17.6 Å². The van der Waals surface area contributed by atoms with Gasteiger partial charge in [-0.2, -0.15) is 0 Å². The molecule has 17 nitrogen and oxygen atoms in total. The van der Waals surface area contributed by atoms with Gasteiger partial charge in [-0.15, -0.1) is 11.3 Å². The molecule has 4 aliphatic heterocycles. The number of halogens is 1. The summed E-state index contributed by atoms with van der Waals surface area (Å²) in [5, 5.41) is 12.1. The molecule has 1 aliphatic carbocycles. The fourth-order valence-electron chi connectivity index (χ4n) is 12.0. The Labute approximate surface area is 480 Å². The fraction of sp³-hybridized carbons (Fsp3) is 0.508. The SMILES string of the molecule is CN[C@@H](C)C(=O)N[C@H](C(=O)N1CCC[C@H]1c1nc(C(=O)c2ccc(F)cc2)cs1)C1CCN([C@H]2CCC[C@@H](N3CCN(c4ccc(C(=O)Nc5ncc(Sc6cc(C(=O)N7CCOCC7)c(OC)cc6C)s5)cc4)CC3)CC2)CC1. The number of likely N-dealkylation sites (N-methyl/N-ethyl adjacent to an activating group) is 1. The Morgan fingerprint density at radius 2 is 1.50 bits per heavy atom. The molecule has 3 N–H and O–H groups in total. The van der Waals surface area contributed by atoms with Crippen LogP contribution in [0, 0.1) is 18.7 Å². The third-order valence-electron chi connectivity index (χ3n) is 16.8. The third-order valence-corrected chi connectivity index (χ3v) is 19.9. The van der Waals surface area contributed by atoms with Crippen LogP contribution < -0.4 is 25.6 Å². The fourth-order valence-corrected chi connectivity index (χ4v) is 14.9. The number of aromatic nitrogens is 2. The van der Waals surface area contributed by atoms with Gasteiger partial charge < -0.3 is 39.7 Å². The number of carbonyl (C=O) groups is 5. The molecule has 0 spiro atoms. The number of anilines is 2. The van der Waals surface area contributed by atoms with E-state index in [0.29, 0.717) is 77.5 Å². The summed E-state index contributed by atoms with van der Waals surface area (Å²) in [5.41, 5.74) is 3.79. The van der Waals surface area contributed by atoms with Gasteiger partial charge in [-0.1, -0.05) is 29.5 Å². The highest BCUT2D eigenvalue weighted by molar-refractivity contribution is 8.01. The number of thiazole rings is 2. The number of morpholine rings is 1. The van der Waals surface area contributed by atoms with Crippen LogP contribution in [-0.2, 0) is 14.3 Å². The Morgan fingerprint density at radius 1 is 0.812 bits per heavy atom. The number of ketones is 1. The molecule has 21 heteroatoms. The topological polar surface area (TPSA) is 182 Å². The highest BCUT2D eigenvalue weighted by Crippen LogP contribution is 2.40. The van der Waals surface area contributed by atoms with Crippen molar-refractivity contribution in [3.8, 4) is 5.75 Å². The molecule has 1 saturated carbocycles. The number of hydrogen-bond donors (Lipinski definition) is 3. The van der Waals surface area contributed by atoms with Gasteiger partial charge in [0.1, 0.15) is 28.3 Å². The zero-order valence-electron chi connectivity index (χ0n) is 46.1. The van der Waals surface area contributed by atoms with Crippen molar-refractivity contribution in [1.29, 1.82) is 0 Å². The van der Waals surface area contributed by atoms with Crippen LogP contribution in [0.4, 0.5) is 15.2 Å². The van der Waals surface area contributed by atoms with E-state index in [9.17, 15) is 28.4 Å². The first-order chi connectivity index (χ1) is 38.8. The van der Waals surface area contributed by atoms with Crippen LogP contribution in [-0.4, -0.2) is 169 Å². The number of rotatable bonds is 17. The van der Waals surface area contributed by atoms with E-state index in [1.807, 2.05) is 48.2 Å². The molecule has 5 atom stereocenters. The van der Waals surface area contributed by atoms with Gasteiger partial charge in [-0.3, -0.25) is 34.2 Å². The maximum atomic E-state index is 14.7. The number of ether oxygens (including phenoxy) is 2. The molecular formula is C59H73FN10O7S3. The number of piperidine rings is 1. The highest BCUT2D eigenvalue weighted by Gasteiger charge is 2.42. The molecule has 80 heavy (non-hydrogen) atoms. The lowest BCUT2D eigenvalue weighted by molar-refractivity contribution is -0.139. The zero-order chi connectivity index (χ0) is 55.9. The van der Waals surface area contributed by atoms with E-state index < -0.39 is 17.9 Å². The number of nitrogens with one attached hydrogen (secondary N) is 3. The average molecular weight is 1150 g/mol. The molecule has 426 valence electrons. The predicted molar refractivity (Wildman–Crippen MR) is 310 cm³/mol. The Hall–Kier alpha value is -5.81. The Balaban J connectivity index is 0.683. The van der Waals surface area contributed by atoms with Crippen LogP contribution >= 0.6 is 34.4 Å². The number of aryl methyl sites for hydroxylation is 1. The van der Waals surface area contributed by atoms with Crippen LogP contribution in [0.2, 0.25) is 0 Å². The van der Waals surface area contributed by atoms with Gasteiger partial charge in [0.15, 0.2) is 5.13 Å². The van der Waals surface area contributed by atoms with Crippen molar-refractivity contribution in [2.75, 3.05) is 96.5 Å². The summed E-state index contributed by atoms with van der Waals surface area (Å²) in [7, 11) is 3.32. The zero-order valence-corrected chi connectivity index (χ0v) is 48.6. The van der Waals surface area contributed by atoms with Gasteiger partial charge in [-0.05, 0) is 157 Å². The van der Waals surface area contributed by atoms with Crippen LogP contribution in [0.5, 0.6) is 5.75 Å². The van der Waals surface area contributed by atoms with E-state index in [-0.39, 0.29) is 47.1 Å². The molecule has 2 aromatic heterocycles. The van der Waals surface area contributed by atoms with E-state index in [2.05, 4.69) is 35.6 Å². The molecule has 0 bridgehead atoms. The van der Waals surface area contributed by atoms with Crippen molar-refractivity contribution in [2.24, 2.45) is 5.92 Å². The van der Waals surface area contributed by atoms with Gasteiger partial charge in [0, 0.05) is 85.0 Å². The summed E-state index contributed by atoms with van der Waals surface area (Å²) in [6.07, 6.45) is 10.7. The first kappa shape index (κ1) is 57.4. The van der Waals surface area contributed by atoms with E-state index in [1.54, 1.807) is 37.6 Å². The van der Waals surface area contributed by atoms with Crippen LogP contribution in [0.25, 0.3) is 0 Å². The predicted octanol–water partition coefficient (Wildman–Crippen LogP) is 8.15. The van der Waals surface area contributed by atoms with Crippen LogP contribution in [0.3, 0.4) is 0 Å². The minimum Gasteiger partial charge on any atom is -0.496 e. The first-order valence-electron chi connectivity index (χ1n) is 28.2. The summed E-state index contributed by atoms with van der Waals surface area (Å²) in [6.45, 7) is 12.0. The van der Waals surface area contributed by atoms with Gasteiger partial charge in [-0.25, -0.2) is 14.4 Å². The average Bonchev–Trinajstić information content (AvgIpc) is 4.29.